The van der Waals surface area contributed by atoms with Gasteiger partial charge in [0.1, 0.15) is 12.2 Å². The molecule has 1 fully saturated rings. The lowest BCUT2D eigenvalue weighted by atomic mass is 9.86. The predicted molar refractivity (Wildman–Crippen MR) is 90.5 cm³/mol. The van der Waals surface area contributed by atoms with Crippen molar-refractivity contribution in [2.45, 2.75) is 24.5 Å². The van der Waals surface area contributed by atoms with Crippen molar-refractivity contribution in [2.75, 3.05) is 19.8 Å². The summed E-state index contributed by atoms with van der Waals surface area (Å²) in [5.74, 6) is -0.436. The summed E-state index contributed by atoms with van der Waals surface area (Å²) in [6.07, 6.45) is 3.94. The zero-order valence-electron chi connectivity index (χ0n) is 14.1. The molecule has 1 aromatic heterocycles. The molecule has 0 radical (unpaired) electrons. The summed E-state index contributed by atoms with van der Waals surface area (Å²) in [6.45, 7) is 1.19. The number of hydrogen-bond donors (Lipinski definition) is 2. The molecule has 1 unspecified atom stereocenters. The van der Waals surface area contributed by atoms with Gasteiger partial charge in [-0.15, -0.1) is 0 Å². The van der Waals surface area contributed by atoms with E-state index >= 15 is 0 Å². The second-order valence-electron chi connectivity index (χ2n) is 6.51. The number of rotatable bonds is 3. The first-order valence-electron chi connectivity index (χ1n) is 8.48. The van der Waals surface area contributed by atoms with Crippen molar-refractivity contribution in [3.63, 3.8) is 0 Å². The van der Waals surface area contributed by atoms with E-state index in [1.165, 1.54) is 6.07 Å². The van der Waals surface area contributed by atoms with Crippen LogP contribution in [0.4, 0.5) is 0 Å². The molecule has 0 amide bonds. The van der Waals surface area contributed by atoms with E-state index in [1.807, 2.05) is 6.07 Å². The summed E-state index contributed by atoms with van der Waals surface area (Å²) in [5, 5.41) is 20.1. The number of para-hydroxylation sites is 1. The van der Waals surface area contributed by atoms with Crippen LogP contribution in [0.25, 0.3) is 0 Å². The lowest BCUT2D eigenvalue weighted by Crippen LogP contribution is -2.34. The van der Waals surface area contributed by atoms with E-state index < -0.39 is 17.7 Å². The lowest BCUT2D eigenvalue weighted by Gasteiger charge is -2.33. The van der Waals surface area contributed by atoms with Gasteiger partial charge in [-0.2, -0.15) is 0 Å². The normalized spacial score (nSPS) is 21.2. The minimum Gasteiger partial charge on any atom is -0.485 e. The highest BCUT2D eigenvalue weighted by Crippen LogP contribution is 2.40. The third-order valence-electron chi connectivity index (χ3n) is 4.85. The Kier molecular flexibility index (Phi) is 4.26. The third kappa shape index (κ3) is 3.00. The highest BCUT2D eigenvalue weighted by molar-refractivity contribution is 5.92. The Morgan fingerprint density at radius 3 is 2.81 bits per heavy atom. The van der Waals surface area contributed by atoms with E-state index in [2.05, 4.69) is 4.98 Å². The molecule has 0 bridgehead atoms. The average molecular weight is 357 g/mol. The van der Waals surface area contributed by atoms with Crippen LogP contribution in [0, 0.1) is 0 Å². The molecule has 0 spiro atoms. The van der Waals surface area contributed by atoms with Crippen LogP contribution in [0.15, 0.2) is 36.7 Å². The molecular formula is C19H19NO6. The summed E-state index contributed by atoms with van der Waals surface area (Å²) in [4.78, 5) is 15.5. The number of carboxylic acid groups (broad SMARTS) is 1. The molecule has 2 N–H and O–H groups in total. The molecule has 3 heterocycles. The van der Waals surface area contributed by atoms with Gasteiger partial charge in [0.2, 0.25) is 0 Å². The first-order valence-corrected chi connectivity index (χ1v) is 8.48. The monoisotopic (exact) mass is 357 g/mol. The topological polar surface area (TPSA) is 98.1 Å². The van der Waals surface area contributed by atoms with E-state index in [4.69, 9.17) is 14.2 Å². The Labute approximate surface area is 150 Å². The highest BCUT2D eigenvalue weighted by atomic mass is 16.6. The Balaban J connectivity index is 1.61. The number of hydrogen-bond acceptors (Lipinski definition) is 6. The van der Waals surface area contributed by atoms with Crippen LogP contribution in [-0.4, -0.2) is 41.0 Å². The second kappa shape index (κ2) is 6.59. The smallest absolute Gasteiger partial charge is 0.339 e. The standard InChI is InChI=1S/C19H19NO6/c21-18(22)14-2-1-3-15-17(14)25-11-16(26-15)12-8-13(10-20-9-12)19(23)4-6-24-7-5-19/h1-3,8-10,16,23H,4-7,11H2,(H,21,22). The number of nitrogens with zero attached hydrogens (tertiary/aromatic N) is 1. The molecular weight excluding hydrogens is 338 g/mol. The zero-order valence-corrected chi connectivity index (χ0v) is 14.1. The molecule has 2 aliphatic heterocycles. The highest BCUT2D eigenvalue weighted by Gasteiger charge is 2.33. The van der Waals surface area contributed by atoms with Crippen LogP contribution in [0.5, 0.6) is 11.5 Å². The van der Waals surface area contributed by atoms with E-state index in [0.29, 0.717) is 31.8 Å². The maximum absolute atomic E-state index is 11.3. The first kappa shape index (κ1) is 16.8. The summed E-state index contributed by atoms with van der Waals surface area (Å²) in [7, 11) is 0. The minimum atomic E-state index is -1.06. The fourth-order valence-corrected chi connectivity index (χ4v) is 3.32. The number of aromatic carboxylic acids is 1. The number of aromatic nitrogens is 1. The predicted octanol–water partition coefficient (Wildman–Crippen LogP) is 2.29. The van der Waals surface area contributed by atoms with Gasteiger partial charge >= 0.3 is 5.97 Å². The van der Waals surface area contributed by atoms with Crippen LogP contribution in [0.1, 0.15) is 40.4 Å². The largest absolute Gasteiger partial charge is 0.485 e. The SMILES string of the molecule is O=C(O)c1cccc2c1OCC(c1cncc(C3(O)CCOCC3)c1)O2. The quantitative estimate of drug-likeness (QED) is 0.869. The molecule has 7 nitrogen and oxygen atoms in total. The molecule has 1 aromatic carbocycles. The van der Waals surface area contributed by atoms with Gasteiger partial charge in [0.15, 0.2) is 17.6 Å². The molecule has 2 aliphatic rings. The van der Waals surface area contributed by atoms with Gasteiger partial charge in [-0.05, 0) is 18.2 Å². The fourth-order valence-electron chi connectivity index (χ4n) is 3.32. The van der Waals surface area contributed by atoms with E-state index in [-0.39, 0.29) is 17.9 Å². The minimum absolute atomic E-state index is 0.0735. The van der Waals surface area contributed by atoms with E-state index in [1.54, 1.807) is 24.5 Å². The van der Waals surface area contributed by atoms with Crippen molar-refractivity contribution in [1.82, 2.24) is 4.98 Å². The molecule has 136 valence electrons. The first-order chi connectivity index (χ1) is 12.6. The van der Waals surface area contributed by atoms with Crippen LogP contribution in [0.3, 0.4) is 0 Å². The number of fused-ring (bicyclic) bond motifs is 1. The molecule has 7 heteroatoms. The molecule has 4 rings (SSSR count). The van der Waals surface area contributed by atoms with Crippen LogP contribution < -0.4 is 9.47 Å². The molecule has 2 aromatic rings. The van der Waals surface area contributed by atoms with Crippen LogP contribution in [-0.2, 0) is 10.3 Å². The Hall–Kier alpha value is -2.64. The summed E-state index contributed by atoms with van der Waals surface area (Å²) in [5.41, 5.74) is 0.621. The zero-order chi connectivity index (χ0) is 18.1. The molecule has 1 atom stereocenters. The van der Waals surface area contributed by atoms with E-state index in [9.17, 15) is 15.0 Å². The van der Waals surface area contributed by atoms with Crippen LogP contribution in [0.2, 0.25) is 0 Å². The van der Waals surface area contributed by atoms with Crippen LogP contribution >= 0.6 is 0 Å². The number of aliphatic hydroxyl groups is 1. The van der Waals surface area contributed by atoms with Crippen molar-refractivity contribution in [3.8, 4) is 11.5 Å². The average Bonchev–Trinajstić information content (AvgIpc) is 2.67. The Bertz CT molecular complexity index is 831. The molecule has 1 saturated heterocycles. The van der Waals surface area contributed by atoms with Crippen molar-refractivity contribution >= 4 is 5.97 Å². The molecule has 26 heavy (non-hydrogen) atoms. The van der Waals surface area contributed by atoms with Crippen molar-refractivity contribution in [2.24, 2.45) is 0 Å². The van der Waals surface area contributed by atoms with Gasteiger partial charge in [0.25, 0.3) is 0 Å². The van der Waals surface area contributed by atoms with Crippen molar-refractivity contribution in [1.29, 1.82) is 0 Å². The number of benzene rings is 1. The number of ether oxygens (including phenoxy) is 3. The number of carboxylic acids is 1. The van der Waals surface area contributed by atoms with Gasteiger partial charge < -0.3 is 24.4 Å². The lowest BCUT2D eigenvalue weighted by molar-refractivity contribution is -0.0682. The van der Waals surface area contributed by atoms with Gasteiger partial charge in [0.05, 0.1) is 5.60 Å². The third-order valence-corrected chi connectivity index (χ3v) is 4.85. The summed E-state index contributed by atoms with van der Waals surface area (Å²) >= 11 is 0. The Morgan fingerprint density at radius 1 is 1.23 bits per heavy atom. The fraction of sp³-hybridized carbons (Fsp3) is 0.368. The van der Waals surface area contributed by atoms with Gasteiger partial charge in [-0.1, -0.05) is 6.07 Å². The number of carbonyl (C=O) groups is 1. The van der Waals surface area contributed by atoms with Gasteiger partial charge in [0, 0.05) is 49.6 Å². The maximum Gasteiger partial charge on any atom is 0.339 e. The summed E-state index contributed by atoms with van der Waals surface area (Å²) in [6, 6.07) is 6.65. The maximum atomic E-state index is 11.3. The molecule has 0 saturated carbocycles. The second-order valence-corrected chi connectivity index (χ2v) is 6.51. The molecule has 0 aliphatic carbocycles. The van der Waals surface area contributed by atoms with Gasteiger partial charge in [-0.25, -0.2) is 4.79 Å². The van der Waals surface area contributed by atoms with Gasteiger partial charge in [-0.3, -0.25) is 4.98 Å². The summed E-state index contributed by atoms with van der Waals surface area (Å²) < 4.78 is 17.0. The Morgan fingerprint density at radius 2 is 2.04 bits per heavy atom. The van der Waals surface area contributed by atoms with Crippen molar-refractivity contribution < 1.29 is 29.2 Å². The van der Waals surface area contributed by atoms with E-state index in [0.717, 1.165) is 11.1 Å². The number of pyridine rings is 1. The van der Waals surface area contributed by atoms with Crippen molar-refractivity contribution in [3.05, 3.63) is 53.3 Å².